The average Bonchev–Trinajstić information content (AvgIpc) is 3.52. The maximum atomic E-state index is 13.6. The molecule has 1 aromatic carbocycles. The van der Waals surface area contributed by atoms with Crippen LogP contribution in [0.25, 0.3) is 28.2 Å². The van der Waals surface area contributed by atoms with Crippen LogP contribution in [0.1, 0.15) is 48.6 Å². The van der Waals surface area contributed by atoms with Crippen LogP contribution in [0, 0.1) is 12.7 Å². The first-order valence-corrected chi connectivity index (χ1v) is 10.6. The molecule has 3 aromatic rings. The molecule has 1 saturated carbocycles. The van der Waals surface area contributed by atoms with Crippen molar-refractivity contribution in [2.45, 2.75) is 50.7 Å². The van der Waals surface area contributed by atoms with Gasteiger partial charge in [-0.25, -0.2) is 9.37 Å². The normalized spacial score (nSPS) is 15.5. The maximum absolute atomic E-state index is 13.6. The molecule has 0 saturated heterocycles. The van der Waals surface area contributed by atoms with Crippen LogP contribution in [0.15, 0.2) is 30.3 Å². The van der Waals surface area contributed by atoms with E-state index in [4.69, 9.17) is 4.98 Å². The van der Waals surface area contributed by atoms with Gasteiger partial charge in [-0.15, -0.1) is 0 Å². The summed E-state index contributed by atoms with van der Waals surface area (Å²) in [5, 5.41) is 36.2. The van der Waals surface area contributed by atoms with Gasteiger partial charge >= 0.3 is 29.6 Å². The first-order chi connectivity index (χ1) is 15.2. The van der Waals surface area contributed by atoms with Crippen molar-refractivity contribution >= 4 is 23.1 Å². The second-order valence-electron chi connectivity index (χ2n) is 8.37. The van der Waals surface area contributed by atoms with Crippen molar-refractivity contribution in [2.24, 2.45) is 7.05 Å². The standard InChI is InChI=1S/C24H26FN3O4.Na/c1-13-21-22(14-5-7-16(25)8-6-14)19(10-9-17(29)11-18(30)12-20(31)32)23(15-3-4-15)26-24(21)28(2)27-13;/h5-10,15,17-18,29-30H,3-4,11-12H2,1-2H3,(H,31,32);/q;+1/p-1/b10-9+;/t17-,18-;/m1./s1. The van der Waals surface area contributed by atoms with Crippen molar-refractivity contribution in [1.82, 2.24) is 14.8 Å². The molecule has 33 heavy (non-hydrogen) atoms. The number of aliphatic carboxylic acids is 1. The number of aliphatic hydroxyl groups excluding tert-OH is 2. The van der Waals surface area contributed by atoms with E-state index in [-0.39, 0.29) is 47.7 Å². The minimum atomic E-state index is -1.37. The van der Waals surface area contributed by atoms with Crippen LogP contribution in [0.2, 0.25) is 0 Å². The third kappa shape index (κ3) is 5.70. The fourth-order valence-corrected chi connectivity index (χ4v) is 4.10. The van der Waals surface area contributed by atoms with Gasteiger partial charge in [0.2, 0.25) is 0 Å². The van der Waals surface area contributed by atoms with Crippen molar-refractivity contribution in [3.05, 3.63) is 53.1 Å². The molecule has 0 aliphatic heterocycles. The number of carboxylic acids is 1. The molecule has 7 nitrogen and oxygen atoms in total. The van der Waals surface area contributed by atoms with E-state index in [0.717, 1.165) is 52.0 Å². The number of carbonyl (C=O) groups is 1. The minimum Gasteiger partial charge on any atom is -0.550 e. The molecule has 1 aliphatic carbocycles. The number of aromatic nitrogens is 3. The van der Waals surface area contributed by atoms with Crippen LogP contribution >= 0.6 is 0 Å². The van der Waals surface area contributed by atoms with Gasteiger partial charge in [0, 0.05) is 42.9 Å². The molecule has 1 fully saturated rings. The van der Waals surface area contributed by atoms with E-state index < -0.39 is 24.6 Å². The Morgan fingerprint density at radius 1 is 1.30 bits per heavy atom. The van der Waals surface area contributed by atoms with Gasteiger partial charge in [0.05, 0.1) is 29.0 Å². The number of fused-ring (bicyclic) bond motifs is 1. The maximum Gasteiger partial charge on any atom is 1.00 e. The van der Waals surface area contributed by atoms with Crippen molar-refractivity contribution < 1.29 is 54.1 Å². The van der Waals surface area contributed by atoms with Crippen LogP contribution in [0.3, 0.4) is 0 Å². The molecule has 2 aromatic heterocycles. The molecule has 0 bridgehead atoms. The Bertz CT molecular complexity index is 1190. The number of pyridine rings is 1. The Morgan fingerprint density at radius 3 is 2.58 bits per heavy atom. The second kappa shape index (κ2) is 10.4. The Balaban J connectivity index is 0.00000306. The topological polar surface area (TPSA) is 111 Å². The Kier molecular flexibility index (Phi) is 8.08. The molecule has 2 atom stereocenters. The molecular weight excluding hydrogens is 436 g/mol. The summed E-state index contributed by atoms with van der Waals surface area (Å²) >= 11 is 0. The average molecular weight is 461 g/mol. The molecule has 0 amide bonds. The van der Waals surface area contributed by atoms with E-state index >= 15 is 0 Å². The van der Waals surface area contributed by atoms with Gasteiger partial charge in [-0.2, -0.15) is 5.10 Å². The van der Waals surface area contributed by atoms with Crippen molar-refractivity contribution in [2.75, 3.05) is 0 Å². The van der Waals surface area contributed by atoms with Crippen LogP contribution < -0.4 is 34.7 Å². The van der Waals surface area contributed by atoms with Crippen molar-refractivity contribution in [1.29, 1.82) is 0 Å². The number of nitrogens with zero attached hydrogens (tertiary/aromatic N) is 3. The van der Waals surface area contributed by atoms with E-state index in [1.165, 1.54) is 18.2 Å². The zero-order valence-corrected chi connectivity index (χ0v) is 21.0. The largest absolute Gasteiger partial charge is 1.00 e. The fourth-order valence-electron chi connectivity index (χ4n) is 4.10. The van der Waals surface area contributed by atoms with E-state index in [2.05, 4.69) is 5.10 Å². The van der Waals surface area contributed by atoms with Crippen LogP contribution in [-0.2, 0) is 11.8 Å². The summed E-state index contributed by atoms with van der Waals surface area (Å²) in [6.07, 6.45) is 2.38. The van der Waals surface area contributed by atoms with Gasteiger partial charge < -0.3 is 20.1 Å². The van der Waals surface area contributed by atoms with Crippen LogP contribution in [0.5, 0.6) is 0 Å². The third-order valence-corrected chi connectivity index (χ3v) is 5.71. The monoisotopic (exact) mass is 461 g/mol. The first-order valence-electron chi connectivity index (χ1n) is 10.6. The van der Waals surface area contributed by atoms with Crippen molar-refractivity contribution in [3.63, 3.8) is 0 Å². The zero-order chi connectivity index (χ0) is 23.0. The van der Waals surface area contributed by atoms with Gasteiger partial charge in [0.1, 0.15) is 5.82 Å². The van der Waals surface area contributed by atoms with Gasteiger partial charge in [0.15, 0.2) is 5.65 Å². The zero-order valence-electron chi connectivity index (χ0n) is 19.0. The molecule has 1 aliphatic rings. The SMILES string of the molecule is Cc1nn(C)c2nc(C3CC3)c(/C=C/[C@@H](O)C[C@@H](O)CC(=O)[O-])c(-c3ccc(F)cc3)c12.[Na+]. The number of carboxylic acid groups (broad SMARTS) is 1. The summed E-state index contributed by atoms with van der Waals surface area (Å²) in [5.74, 6) is -1.42. The van der Waals surface area contributed by atoms with Gasteiger partial charge in [0.25, 0.3) is 0 Å². The molecule has 4 rings (SSSR count). The van der Waals surface area contributed by atoms with Gasteiger partial charge in [-0.1, -0.05) is 24.3 Å². The smallest absolute Gasteiger partial charge is 0.550 e. The molecule has 2 N–H and O–H groups in total. The minimum absolute atomic E-state index is 0. The molecular formula is C24H25FN3NaO4. The molecule has 0 unspecified atom stereocenters. The summed E-state index contributed by atoms with van der Waals surface area (Å²) in [5.41, 5.74) is 4.90. The number of carbonyl (C=O) groups excluding carboxylic acids is 1. The number of hydrogen-bond donors (Lipinski definition) is 2. The Labute approximate surface area is 213 Å². The number of rotatable bonds is 8. The number of benzene rings is 1. The first kappa shape index (κ1) is 25.5. The van der Waals surface area contributed by atoms with E-state index in [1.54, 1.807) is 22.9 Å². The summed E-state index contributed by atoms with van der Waals surface area (Å²) < 4.78 is 15.4. The van der Waals surface area contributed by atoms with Crippen LogP contribution in [0.4, 0.5) is 4.39 Å². The quantitative estimate of drug-likeness (QED) is 0.426. The second-order valence-corrected chi connectivity index (χ2v) is 8.37. The van der Waals surface area contributed by atoms with E-state index in [0.29, 0.717) is 0 Å². The van der Waals surface area contributed by atoms with E-state index in [1.807, 2.05) is 14.0 Å². The van der Waals surface area contributed by atoms with Crippen molar-refractivity contribution in [3.8, 4) is 11.1 Å². The molecule has 0 radical (unpaired) electrons. The predicted molar refractivity (Wildman–Crippen MR) is 116 cm³/mol. The molecule has 2 heterocycles. The van der Waals surface area contributed by atoms with Gasteiger partial charge in [-0.3, -0.25) is 4.68 Å². The summed E-state index contributed by atoms with van der Waals surface area (Å²) in [6.45, 7) is 1.90. The molecule has 168 valence electrons. The number of hydrogen-bond acceptors (Lipinski definition) is 6. The number of aryl methyl sites for hydroxylation is 2. The number of aliphatic hydroxyl groups is 2. The Hall–Kier alpha value is -2.10. The predicted octanol–water partition coefficient (Wildman–Crippen LogP) is -0.771. The third-order valence-electron chi connectivity index (χ3n) is 5.71. The van der Waals surface area contributed by atoms with Gasteiger partial charge in [-0.05, 0) is 37.5 Å². The molecule has 9 heteroatoms. The summed E-state index contributed by atoms with van der Waals surface area (Å²) in [7, 11) is 1.84. The Morgan fingerprint density at radius 2 is 1.97 bits per heavy atom. The summed E-state index contributed by atoms with van der Waals surface area (Å²) in [6, 6.07) is 6.24. The number of halogens is 1. The molecule has 0 spiro atoms. The van der Waals surface area contributed by atoms with E-state index in [9.17, 15) is 24.5 Å². The van der Waals surface area contributed by atoms with Crippen LogP contribution in [-0.4, -0.2) is 43.2 Å². The summed E-state index contributed by atoms with van der Waals surface area (Å²) in [4.78, 5) is 15.6. The fraction of sp³-hybridized carbons (Fsp3) is 0.375.